The summed E-state index contributed by atoms with van der Waals surface area (Å²) in [5, 5.41) is 4.43. The number of hydrogen-bond donors (Lipinski definition) is 1. The number of sulfonamides is 1. The van der Waals surface area contributed by atoms with Gasteiger partial charge in [-0.05, 0) is 52.0 Å². The Labute approximate surface area is 157 Å². The zero-order valence-corrected chi connectivity index (χ0v) is 17.0. The number of carbonyl (C=O) groups excluding carboxylic acids is 1. The number of fused-ring (bicyclic) bond motifs is 1. The second-order valence-corrected chi connectivity index (χ2v) is 9.48. The highest BCUT2D eigenvalue weighted by molar-refractivity contribution is 7.93. The van der Waals surface area contributed by atoms with Gasteiger partial charge in [-0.25, -0.2) is 13.2 Å². The van der Waals surface area contributed by atoms with Gasteiger partial charge >= 0.3 is 5.97 Å². The summed E-state index contributed by atoms with van der Waals surface area (Å²) in [7, 11) is -2.17. The van der Waals surface area contributed by atoms with Gasteiger partial charge in [-0.1, -0.05) is 0 Å². The maximum Gasteiger partial charge on any atom is 0.341 e. The summed E-state index contributed by atoms with van der Waals surface area (Å²) in [6, 6.07) is 0. The van der Waals surface area contributed by atoms with Crippen LogP contribution in [0.25, 0.3) is 0 Å². The molecule has 1 aliphatic rings. The van der Waals surface area contributed by atoms with Gasteiger partial charge in [0.25, 0.3) is 10.0 Å². The average molecular weight is 398 g/mol. The van der Waals surface area contributed by atoms with E-state index in [1.165, 1.54) is 22.2 Å². The number of carbonyl (C=O) groups is 1. The number of rotatable bonds is 5. The molecule has 26 heavy (non-hydrogen) atoms. The molecule has 1 N–H and O–H groups in total. The van der Waals surface area contributed by atoms with E-state index in [2.05, 4.69) is 9.82 Å². The normalized spacial score (nSPS) is 14.3. The summed E-state index contributed by atoms with van der Waals surface area (Å²) in [6.07, 6.45) is 4.83. The van der Waals surface area contributed by atoms with Gasteiger partial charge in [0.2, 0.25) is 0 Å². The summed E-state index contributed by atoms with van der Waals surface area (Å²) < 4.78 is 35.1. The molecule has 0 aromatic carbocycles. The number of anilines is 1. The Balaban J connectivity index is 2.03. The van der Waals surface area contributed by atoms with Crippen LogP contribution >= 0.6 is 11.3 Å². The van der Waals surface area contributed by atoms with E-state index in [1.54, 1.807) is 27.8 Å². The lowest BCUT2D eigenvalue weighted by Gasteiger charge is -2.14. The molecule has 3 rings (SSSR count). The Bertz CT molecular complexity index is 942. The summed E-state index contributed by atoms with van der Waals surface area (Å²) in [4.78, 5) is 13.8. The zero-order valence-electron chi connectivity index (χ0n) is 15.3. The van der Waals surface area contributed by atoms with Crippen LogP contribution in [0, 0.1) is 6.92 Å². The van der Waals surface area contributed by atoms with Gasteiger partial charge in [-0.3, -0.25) is 9.40 Å². The fourth-order valence-corrected chi connectivity index (χ4v) is 5.95. The van der Waals surface area contributed by atoms with E-state index in [0.717, 1.165) is 36.1 Å². The van der Waals surface area contributed by atoms with Crippen molar-refractivity contribution in [1.82, 2.24) is 9.78 Å². The van der Waals surface area contributed by atoms with Crippen molar-refractivity contribution >= 4 is 32.3 Å². The molecule has 0 saturated carbocycles. The van der Waals surface area contributed by atoms with E-state index in [4.69, 9.17) is 4.74 Å². The predicted molar refractivity (Wildman–Crippen MR) is 100 cm³/mol. The van der Waals surface area contributed by atoms with E-state index in [1.807, 2.05) is 0 Å². The highest BCUT2D eigenvalue weighted by Gasteiger charge is 2.30. The number of aryl methyl sites for hydroxylation is 3. The number of aromatic nitrogens is 2. The van der Waals surface area contributed by atoms with Crippen molar-refractivity contribution in [2.24, 2.45) is 7.05 Å². The van der Waals surface area contributed by atoms with Gasteiger partial charge < -0.3 is 4.74 Å². The summed E-state index contributed by atoms with van der Waals surface area (Å²) in [6.45, 7) is 5.20. The van der Waals surface area contributed by atoms with Crippen molar-refractivity contribution in [2.45, 2.75) is 57.5 Å². The third-order valence-electron chi connectivity index (χ3n) is 4.20. The van der Waals surface area contributed by atoms with Gasteiger partial charge in [0.15, 0.2) is 0 Å². The second kappa shape index (κ2) is 7.03. The highest BCUT2D eigenvalue weighted by atomic mass is 32.2. The molecular weight excluding hydrogens is 374 g/mol. The first-order valence-electron chi connectivity index (χ1n) is 8.57. The van der Waals surface area contributed by atoms with Gasteiger partial charge in [-0.2, -0.15) is 5.10 Å². The number of thiophene rings is 1. The van der Waals surface area contributed by atoms with E-state index in [0.29, 0.717) is 16.3 Å². The molecule has 142 valence electrons. The number of nitrogens with zero attached hydrogens (tertiary/aromatic N) is 2. The molecule has 0 spiro atoms. The minimum atomic E-state index is -3.84. The van der Waals surface area contributed by atoms with Crippen LogP contribution in [0.2, 0.25) is 0 Å². The monoisotopic (exact) mass is 397 g/mol. The molecule has 0 aliphatic heterocycles. The fourth-order valence-electron chi connectivity index (χ4n) is 3.15. The number of esters is 1. The van der Waals surface area contributed by atoms with Crippen molar-refractivity contribution in [1.29, 1.82) is 0 Å². The number of ether oxygens (including phenoxy) is 1. The SMILES string of the molecule is Cc1nn(C)cc1S(=O)(=O)Nc1sc2c(c1C(=O)OC(C)C)CCCC2. The third kappa shape index (κ3) is 3.64. The topological polar surface area (TPSA) is 90.3 Å². The molecule has 9 heteroatoms. The molecule has 2 aromatic rings. The van der Waals surface area contributed by atoms with Gasteiger partial charge in [0.1, 0.15) is 9.90 Å². The fraction of sp³-hybridized carbons (Fsp3) is 0.529. The van der Waals surface area contributed by atoms with Gasteiger partial charge in [-0.15, -0.1) is 11.3 Å². The largest absolute Gasteiger partial charge is 0.459 e. The van der Waals surface area contributed by atoms with Gasteiger partial charge in [0, 0.05) is 18.1 Å². The smallest absolute Gasteiger partial charge is 0.341 e. The standard InChI is InChI=1S/C17H23N3O4S2/c1-10(2)24-17(21)15-12-7-5-6-8-13(12)25-16(15)19-26(22,23)14-9-20(4)18-11(14)3/h9-10,19H,5-8H2,1-4H3. The molecule has 0 radical (unpaired) electrons. The molecule has 0 amide bonds. The molecule has 2 heterocycles. The van der Waals surface area contributed by atoms with Crippen LogP contribution in [-0.2, 0) is 34.6 Å². The first kappa shape index (κ1) is 18.9. The Morgan fingerprint density at radius 2 is 2.04 bits per heavy atom. The number of nitrogens with one attached hydrogen (secondary N) is 1. The third-order valence-corrected chi connectivity index (χ3v) is 6.99. The summed E-state index contributed by atoms with van der Waals surface area (Å²) >= 11 is 1.33. The highest BCUT2D eigenvalue weighted by Crippen LogP contribution is 2.39. The molecule has 0 unspecified atom stereocenters. The van der Waals surface area contributed by atoms with Crippen LogP contribution in [0.15, 0.2) is 11.1 Å². The lowest BCUT2D eigenvalue weighted by atomic mass is 9.95. The van der Waals surface area contributed by atoms with Crippen LogP contribution in [0.3, 0.4) is 0 Å². The molecule has 1 aliphatic carbocycles. The Morgan fingerprint density at radius 1 is 1.35 bits per heavy atom. The van der Waals surface area contributed by atoms with Crippen LogP contribution in [0.5, 0.6) is 0 Å². The first-order valence-corrected chi connectivity index (χ1v) is 10.9. The molecule has 0 atom stereocenters. The molecule has 7 nitrogen and oxygen atoms in total. The molecular formula is C17H23N3O4S2. The van der Waals surface area contributed by atoms with E-state index in [-0.39, 0.29) is 11.0 Å². The Kier molecular flexibility index (Phi) is 5.12. The van der Waals surface area contributed by atoms with Crippen molar-refractivity contribution in [3.8, 4) is 0 Å². The van der Waals surface area contributed by atoms with Crippen molar-refractivity contribution in [3.63, 3.8) is 0 Å². The lowest BCUT2D eigenvalue weighted by Crippen LogP contribution is -2.18. The molecule has 0 bridgehead atoms. The zero-order chi connectivity index (χ0) is 19.1. The van der Waals surface area contributed by atoms with E-state index in [9.17, 15) is 13.2 Å². The lowest BCUT2D eigenvalue weighted by molar-refractivity contribution is 0.0378. The van der Waals surface area contributed by atoms with Crippen LogP contribution < -0.4 is 4.72 Å². The maximum absolute atomic E-state index is 12.8. The van der Waals surface area contributed by atoms with E-state index < -0.39 is 16.0 Å². The Hall–Kier alpha value is -1.87. The van der Waals surface area contributed by atoms with Gasteiger partial charge in [0.05, 0.1) is 17.4 Å². The quantitative estimate of drug-likeness (QED) is 0.783. The second-order valence-electron chi connectivity index (χ2n) is 6.73. The van der Waals surface area contributed by atoms with Crippen molar-refractivity contribution in [2.75, 3.05) is 4.72 Å². The van der Waals surface area contributed by atoms with Crippen LogP contribution in [0.1, 0.15) is 53.2 Å². The van der Waals surface area contributed by atoms with E-state index >= 15 is 0 Å². The summed E-state index contributed by atoms with van der Waals surface area (Å²) in [5.41, 5.74) is 1.70. The molecule has 2 aromatic heterocycles. The van der Waals surface area contributed by atoms with Crippen molar-refractivity contribution in [3.05, 3.63) is 27.9 Å². The van der Waals surface area contributed by atoms with Crippen molar-refractivity contribution < 1.29 is 17.9 Å². The summed E-state index contributed by atoms with van der Waals surface area (Å²) in [5.74, 6) is -0.472. The maximum atomic E-state index is 12.8. The number of hydrogen-bond acceptors (Lipinski definition) is 6. The van der Waals surface area contributed by atoms with Crippen LogP contribution in [-0.4, -0.2) is 30.3 Å². The minimum absolute atomic E-state index is 0.106. The molecule has 0 saturated heterocycles. The Morgan fingerprint density at radius 3 is 2.65 bits per heavy atom. The average Bonchev–Trinajstić information content (AvgIpc) is 3.05. The van der Waals surface area contributed by atoms with Crippen LogP contribution in [0.4, 0.5) is 5.00 Å². The molecule has 0 fully saturated rings. The predicted octanol–water partition coefficient (Wildman–Crippen LogP) is 3.03. The first-order chi connectivity index (χ1) is 12.2. The minimum Gasteiger partial charge on any atom is -0.459 e.